The monoisotopic (exact) mass is 297 g/mol. The fraction of sp³-hybridized carbons (Fsp3) is 0.941. The summed E-state index contributed by atoms with van der Waals surface area (Å²) in [4.78, 5) is 17.2. The molecular weight excluding hydrogens is 262 g/mol. The summed E-state index contributed by atoms with van der Waals surface area (Å²) in [5.41, 5.74) is 5.52. The first-order valence-electron chi connectivity index (χ1n) is 8.94. The van der Waals surface area contributed by atoms with Crippen LogP contribution in [0.15, 0.2) is 0 Å². The lowest BCUT2D eigenvalue weighted by atomic mass is 9.96. The lowest BCUT2D eigenvalue weighted by molar-refractivity contribution is -0.137. The number of hydrogen-bond donors (Lipinski definition) is 1. The molecule has 4 heteroatoms. The van der Waals surface area contributed by atoms with Crippen molar-refractivity contribution < 1.29 is 4.79 Å². The first kappa shape index (κ1) is 18.4. The second-order valence-electron chi connectivity index (χ2n) is 6.29. The third-order valence-electron chi connectivity index (χ3n) is 4.49. The van der Waals surface area contributed by atoms with Crippen molar-refractivity contribution in [1.29, 1.82) is 0 Å². The molecule has 0 radical (unpaired) electrons. The molecule has 0 atom stereocenters. The third kappa shape index (κ3) is 6.79. The zero-order valence-electron chi connectivity index (χ0n) is 14.1. The van der Waals surface area contributed by atoms with E-state index in [1.807, 2.05) is 0 Å². The molecule has 1 fully saturated rings. The second-order valence-corrected chi connectivity index (χ2v) is 6.29. The normalized spacial score (nSPS) is 16.7. The molecule has 124 valence electrons. The van der Waals surface area contributed by atoms with Crippen LogP contribution in [-0.2, 0) is 4.79 Å². The minimum Gasteiger partial charge on any atom is -0.340 e. The number of unbranched alkanes of at least 4 members (excludes halogenated alkanes) is 2. The highest BCUT2D eigenvalue weighted by Gasteiger charge is 2.26. The highest BCUT2D eigenvalue weighted by Crippen LogP contribution is 2.18. The minimum absolute atomic E-state index is 0.260. The molecule has 1 aliphatic heterocycles. The van der Waals surface area contributed by atoms with E-state index in [9.17, 15) is 4.79 Å². The van der Waals surface area contributed by atoms with Crippen molar-refractivity contribution in [2.24, 2.45) is 11.7 Å². The van der Waals surface area contributed by atoms with Crippen LogP contribution >= 0.6 is 0 Å². The molecule has 1 aliphatic rings. The van der Waals surface area contributed by atoms with Gasteiger partial charge in [-0.15, -0.1) is 0 Å². The summed E-state index contributed by atoms with van der Waals surface area (Å²) in [6, 6.07) is 0. The molecule has 0 unspecified atom stereocenters. The molecule has 0 bridgehead atoms. The molecule has 0 aromatic rings. The highest BCUT2D eigenvalue weighted by molar-refractivity contribution is 5.78. The summed E-state index contributed by atoms with van der Waals surface area (Å²) in [5, 5.41) is 0. The van der Waals surface area contributed by atoms with E-state index in [0.29, 0.717) is 5.91 Å². The zero-order chi connectivity index (χ0) is 15.5. The summed E-state index contributed by atoms with van der Waals surface area (Å²) in [5.74, 6) is 0.664. The van der Waals surface area contributed by atoms with E-state index in [2.05, 4.69) is 23.6 Å². The molecule has 21 heavy (non-hydrogen) atoms. The predicted octanol–water partition coefficient (Wildman–Crippen LogP) is 2.48. The van der Waals surface area contributed by atoms with Gasteiger partial charge >= 0.3 is 0 Å². The van der Waals surface area contributed by atoms with Crippen molar-refractivity contribution in [3.8, 4) is 0 Å². The fourth-order valence-corrected chi connectivity index (χ4v) is 3.19. The average molecular weight is 297 g/mol. The first-order valence-corrected chi connectivity index (χ1v) is 8.94. The quantitative estimate of drug-likeness (QED) is 0.630. The van der Waals surface area contributed by atoms with E-state index >= 15 is 0 Å². The largest absolute Gasteiger partial charge is 0.340 e. The van der Waals surface area contributed by atoms with E-state index in [-0.39, 0.29) is 5.92 Å². The van der Waals surface area contributed by atoms with Crippen molar-refractivity contribution in [3.05, 3.63) is 0 Å². The number of hydrogen-bond acceptors (Lipinski definition) is 3. The van der Waals surface area contributed by atoms with Gasteiger partial charge in [-0.3, -0.25) is 9.69 Å². The fourth-order valence-electron chi connectivity index (χ4n) is 3.19. The summed E-state index contributed by atoms with van der Waals surface area (Å²) >= 11 is 0. The van der Waals surface area contributed by atoms with E-state index in [4.69, 9.17) is 5.73 Å². The number of nitrogens with zero attached hydrogens (tertiary/aromatic N) is 2. The molecule has 1 amide bonds. The molecule has 1 saturated heterocycles. The van der Waals surface area contributed by atoms with Gasteiger partial charge < -0.3 is 10.6 Å². The van der Waals surface area contributed by atoms with Crippen LogP contribution in [-0.4, -0.2) is 55.0 Å². The minimum atomic E-state index is 0.260. The highest BCUT2D eigenvalue weighted by atomic mass is 16.2. The van der Waals surface area contributed by atoms with Crippen molar-refractivity contribution in [3.63, 3.8) is 0 Å². The Balaban J connectivity index is 2.28. The number of nitrogens with two attached hydrogens (primary N) is 1. The van der Waals surface area contributed by atoms with Gasteiger partial charge in [0.15, 0.2) is 0 Å². The van der Waals surface area contributed by atoms with E-state index in [1.165, 1.54) is 12.8 Å². The van der Waals surface area contributed by atoms with E-state index in [1.54, 1.807) is 0 Å². The Morgan fingerprint density at radius 3 is 2.14 bits per heavy atom. The Morgan fingerprint density at radius 1 is 1.00 bits per heavy atom. The molecule has 1 heterocycles. The third-order valence-corrected chi connectivity index (χ3v) is 4.49. The number of carbonyl (C=O) groups is 1. The molecule has 2 N–H and O–H groups in total. The van der Waals surface area contributed by atoms with Crippen molar-refractivity contribution in [2.75, 3.05) is 39.3 Å². The molecule has 0 saturated carbocycles. The Morgan fingerprint density at radius 2 is 1.62 bits per heavy atom. The van der Waals surface area contributed by atoms with Crippen LogP contribution in [0.2, 0.25) is 0 Å². The van der Waals surface area contributed by atoms with Gasteiger partial charge in [0.1, 0.15) is 0 Å². The van der Waals surface area contributed by atoms with Crippen LogP contribution in [0.25, 0.3) is 0 Å². The van der Waals surface area contributed by atoms with Gasteiger partial charge in [0.05, 0.1) is 0 Å². The Hall–Kier alpha value is -0.610. The van der Waals surface area contributed by atoms with Gasteiger partial charge in [-0.1, -0.05) is 33.1 Å². The van der Waals surface area contributed by atoms with Crippen molar-refractivity contribution in [1.82, 2.24) is 9.80 Å². The van der Waals surface area contributed by atoms with Gasteiger partial charge in [-0.2, -0.15) is 0 Å². The molecule has 4 nitrogen and oxygen atoms in total. The van der Waals surface area contributed by atoms with Crippen LogP contribution in [0, 0.1) is 5.92 Å². The second kappa shape index (κ2) is 11.0. The Kier molecular flexibility index (Phi) is 9.68. The van der Waals surface area contributed by atoms with Crippen LogP contribution in [0.1, 0.15) is 58.8 Å². The van der Waals surface area contributed by atoms with Crippen LogP contribution in [0.4, 0.5) is 0 Å². The van der Waals surface area contributed by atoms with Crippen LogP contribution in [0.5, 0.6) is 0 Å². The molecule has 0 spiro atoms. The number of piperazine rings is 1. The predicted molar refractivity (Wildman–Crippen MR) is 89.2 cm³/mol. The lowest BCUT2D eigenvalue weighted by Gasteiger charge is -2.36. The van der Waals surface area contributed by atoms with Gasteiger partial charge in [-0.05, 0) is 38.8 Å². The van der Waals surface area contributed by atoms with E-state index < -0.39 is 0 Å². The van der Waals surface area contributed by atoms with Gasteiger partial charge in [0.25, 0.3) is 0 Å². The molecule has 0 aliphatic carbocycles. The number of amides is 1. The number of carbonyl (C=O) groups excluding carboxylic acids is 1. The van der Waals surface area contributed by atoms with Gasteiger partial charge in [0.2, 0.25) is 5.91 Å². The Bertz CT molecular complexity index is 269. The smallest absolute Gasteiger partial charge is 0.225 e. The van der Waals surface area contributed by atoms with Gasteiger partial charge in [-0.25, -0.2) is 0 Å². The summed E-state index contributed by atoms with van der Waals surface area (Å²) < 4.78 is 0. The van der Waals surface area contributed by atoms with Crippen LogP contribution in [0.3, 0.4) is 0 Å². The van der Waals surface area contributed by atoms with E-state index in [0.717, 1.165) is 71.4 Å². The van der Waals surface area contributed by atoms with Crippen molar-refractivity contribution >= 4 is 5.91 Å². The van der Waals surface area contributed by atoms with Crippen molar-refractivity contribution in [2.45, 2.75) is 58.8 Å². The molecule has 0 aromatic heterocycles. The summed E-state index contributed by atoms with van der Waals surface area (Å²) in [6.07, 6.45) is 7.91. The maximum Gasteiger partial charge on any atom is 0.225 e. The molecular formula is C17H35N3O. The lowest BCUT2D eigenvalue weighted by Crippen LogP contribution is -2.50. The van der Waals surface area contributed by atoms with Crippen LogP contribution < -0.4 is 5.73 Å². The zero-order valence-corrected chi connectivity index (χ0v) is 14.1. The maximum atomic E-state index is 12.6. The SMILES string of the molecule is CCCC(CCC)C(=O)N1CCN(CCCCCN)CC1. The Labute approximate surface area is 131 Å². The topological polar surface area (TPSA) is 49.6 Å². The first-order chi connectivity index (χ1) is 10.2. The summed E-state index contributed by atoms with van der Waals surface area (Å²) in [6.45, 7) is 10.2. The maximum absolute atomic E-state index is 12.6. The molecule has 1 rings (SSSR count). The summed E-state index contributed by atoms with van der Waals surface area (Å²) in [7, 11) is 0. The standard InChI is InChI=1S/C17H35N3O/c1-3-8-16(9-4-2)17(21)20-14-12-19(13-15-20)11-7-5-6-10-18/h16H,3-15,18H2,1-2H3. The molecule has 0 aromatic carbocycles. The van der Waals surface area contributed by atoms with Gasteiger partial charge in [0, 0.05) is 32.1 Å². The number of rotatable bonds is 10. The average Bonchev–Trinajstić information content (AvgIpc) is 2.51.